The lowest BCUT2D eigenvalue weighted by atomic mass is 10.2. The number of benzene rings is 1. The maximum absolute atomic E-state index is 11.7. The van der Waals surface area contributed by atoms with Gasteiger partial charge in [-0.3, -0.25) is 25.2 Å². The van der Waals surface area contributed by atoms with E-state index in [1.165, 1.54) is 24.5 Å². The van der Waals surface area contributed by atoms with Crippen LogP contribution in [0.5, 0.6) is 0 Å². The van der Waals surface area contributed by atoms with Gasteiger partial charge in [0.15, 0.2) is 5.76 Å². The highest BCUT2D eigenvalue weighted by atomic mass is 35.5. The fraction of sp³-hybridized carbons (Fsp3) is 0.133. The summed E-state index contributed by atoms with van der Waals surface area (Å²) in [5.41, 5.74) is 4.89. The lowest BCUT2D eigenvalue weighted by Gasteiger charge is -2.08. The fourth-order valence-electron chi connectivity index (χ4n) is 1.65. The molecule has 2 aromatic rings. The molecule has 0 atom stereocenters. The van der Waals surface area contributed by atoms with Gasteiger partial charge >= 0.3 is 0 Å². The van der Waals surface area contributed by atoms with Crippen molar-refractivity contribution in [2.75, 3.05) is 6.54 Å². The Morgan fingerprint density at radius 3 is 2.39 bits per heavy atom. The second kappa shape index (κ2) is 8.00. The number of hydrogen-bond donors (Lipinski definition) is 3. The monoisotopic (exact) mass is 335 g/mol. The topological polar surface area (TPSA) is 100 Å². The van der Waals surface area contributed by atoms with Gasteiger partial charge in [0.05, 0.1) is 6.26 Å². The molecular formula is C15H14ClN3O4. The summed E-state index contributed by atoms with van der Waals surface area (Å²) in [6, 6.07) is 9.32. The maximum atomic E-state index is 11.7. The third-order valence-corrected chi connectivity index (χ3v) is 3.06. The minimum absolute atomic E-state index is 0.00729. The molecule has 0 spiro atoms. The summed E-state index contributed by atoms with van der Waals surface area (Å²) >= 11 is 5.72. The number of nitrogens with one attached hydrogen (secondary N) is 3. The summed E-state index contributed by atoms with van der Waals surface area (Å²) in [6.45, 7) is 0.113. The minimum atomic E-state index is -0.463. The lowest BCUT2D eigenvalue weighted by Crippen LogP contribution is -2.42. The van der Waals surface area contributed by atoms with Crippen LogP contribution in [0.2, 0.25) is 5.02 Å². The van der Waals surface area contributed by atoms with E-state index in [4.69, 9.17) is 16.0 Å². The van der Waals surface area contributed by atoms with Crippen LogP contribution in [0.25, 0.3) is 0 Å². The van der Waals surface area contributed by atoms with Crippen LogP contribution in [0.1, 0.15) is 27.3 Å². The van der Waals surface area contributed by atoms with Crippen molar-refractivity contribution in [3.05, 3.63) is 59.0 Å². The summed E-state index contributed by atoms with van der Waals surface area (Å²) in [7, 11) is 0. The molecule has 1 aromatic carbocycles. The van der Waals surface area contributed by atoms with E-state index in [-0.39, 0.29) is 18.7 Å². The number of hydrazine groups is 1. The van der Waals surface area contributed by atoms with E-state index >= 15 is 0 Å². The molecule has 0 aliphatic heterocycles. The number of carbonyl (C=O) groups is 3. The van der Waals surface area contributed by atoms with Gasteiger partial charge in [0, 0.05) is 23.6 Å². The van der Waals surface area contributed by atoms with Crippen LogP contribution >= 0.6 is 11.6 Å². The van der Waals surface area contributed by atoms with Crippen LogP contribution in [0.4, 0.5) is 0 Å². The van der Waals surface area contributed by atoms with Gasteiger partial charge in [-0.05, 0) is 36.4 Å². The first-order valence-corrected chi connectivity index (χ1v) is 7.10. The van der Waals surface area contributed by atoms with Crippen LogP contribution < -0.4 is 16.2 Å². The highest BCUT2D eigenvalue weighted by Crippen LogP contribution is 2.08. The van der Waals surface area contributed by atoms with Crippen LogP contribution in [0.3, 0.4) is 0 Å². The quantitative estimate of drug-likeness (QED) is 0.721. The molecule has 0 aliphatic carbocycles. The predicted octanol–water partition coefficient (Wildman–Crippen LogP) is 1.51. The Morgan fingerprint density at radius 1 is 1.00 bits per heavy atom. The first-order valence-electron chi connectivity index (χ1n) is 6.72. The van der Waals surface area contributed by atoms with Crippen LogP contribution in [0.15, 0.2) is 47.1 Å². The first kappa shape index (κ1) is 16.6. The molecule has 23 heavy (non-hydrogen) atoms. The SMILES string of the molecule is O=C(CCNC(=O)c1ccco1)NNC(=O)c1ccc(Cl)cc1. The fourth-order valence-corrected chi connectivity index (χ4v) is 1.77. The molecule has 0 aliphatic rings. The van der Waals surface area contributed by atoms with Crippen molar-refractivity contribution in [3.63, 3.8) is 0 Å². The molecule has 0 saturated carbocycles. The Bertz CT molecular complexity index is 683. The van der Waals surface area contributed by atoms with Gasteiger partial charge in [-0.2, -0.15) is 0 Å². The first-order chi connectivity index (χ1) is 11.1. The van der Waals surface area contributed by atoms with Crippen LogP contribution in [-0.4, -0.2) is 24.3 Å². The number of rotatable bonds is 5. The number of hydrogen-bond acceptors (Lipinski definition) is 4. The maximum Gasteiger partial charge on any atom is 0.286 e. The van der Waals surface area contributed by atoms with Crippen molar-refractivity contribution < 1.29 is 18.8 Å². The molecule has 0 unspecified atom stereocenters. The second-order valence-electron chi connectivity index (χ2n) is 4.49. The summed E-state index contributed by atoms with van der Waals surface area (Å²) in [5, 5.41) is 3.03. The molecule has 0 fully saturated rings. The van der Waals surface area contributed by atoms with Crippen LogP contribution in [-0.2, 0) is 4.79 Å². The molecule has 2 rings (SSSR count). The average Bonchev–Trinajstić information content (AvgIpc) is 3.07. The van der Waals surface area contributed by atoms with E-state index in [9.17, 15) is 14.4 Å². The van der Waals surface area contributed by atoms with Crippen molar-refractivity contribution in [2.45, 2.75) is 6.42 Å². The van der Waals surface area contributed by atoms with E-state index in [0.29, 0.717) is 10.6 Å². The van der Waals surface area contributed by atoms with Crippen molar-refractivity contribution in [1.82, 2.24) is 16.2 Å². The molecule has 3 amide bonds. The second-order valence-corrected chi connectivity index (χ2v) is 4.93. The molecule has 7 nitrogen and oxygen atoms in total. The highest BCUT2D eigenvalue weighted by Gasteiger charge is 2.10. The lowest BCUT2D eigenvalue weighted by molar-refractivity contribution is -0.121. The predicted molar refractivity (Wildman–Crippen MR) is 82.7 cm³/mol. The van der Waals surface area contributed by atoms with E-state index in [0.717, 1.165) is 0 Å². The van der Waals surface area contributed by atoms with E-state index in [2.05, 4.69) is 16.2 Å². The molecule has 120 valence electrons. The number of furan rings is 1. The van der Waals surface area contributed by atoms with Crippen molar-refractivity contribution >= 4 is 29.3 Å². The molecule has 0 saturated heterocycles. The van der Waals surface area contributed by atoms with Crippen molar-refractivity contribution in [3.8, 4) is 0 Å². The summed E-state index contributed by atoms with van der Waals surface area (Å²) in [6.07, 6.45) is 1.39. The normalized spacial score (nSPS) is 9.96. The number of carbonyl (C=O) groups excluding carboxylic acids is 3. The van der Waals surface area contributed by atoms with Crippen molar-refractivity contribution in [1.29, 1.82) is 0 Å². The number of amides is 3. The number of halogens is 1. The average molecular weight is 336 g/mol. The molecule has 0 radical (unpaired) electrons. The Kier molecular flexibility index (Phi) is 5.76. The zero-order chi connectivity index (χ0) is 16.7. The standard InChI is InChI=1S/C15H14ClN3O4/c16-11-5-3-10(4-6-11)14(21)19-18-13(20)7-8-17-15(22)12-2-1-9-23-12/h1-6,9H,7-8H2,(H,17,22)(H,18,20)(H,19,21). The van der Waals surface area contributed by atoms with E-state index in [1.54, 1.807) is 18.2 Å². The minimum Gasteiger partial charge on any atom is -0.459 e. The van der Waals surface area contributed by atoms with Crippen LogP contribution in [0, 0.1) is 0 Å². The smallest absolute Gasteiger partial charge is 0.286 e. The third kappa shape index (κ3) is 5.15. The van der Waals surface area contributed by atoms with E-state index < -0.39 is 17.7 Å². The summed E-state index contributed by atoms with van der Waals surface area (Å²) < 4.78 is 4.91. The van der Waals surface area contributed by atoms with E-state index in [1.807, 2.05) is 0 Å². The van der Waals surface area contributed by atoms with Gasteiger partial charge in [-0.25, -0.2) is 0 Å². The molecule has 8 heteroatoms. The van der Waals surface area contributed by atoms with Gasteiger partial charge in [0.2, 0.25) is 5.91 Å². The zero-order valence-electron chi connectivity index (χ0n) is 12.0. The van der Waals surface area contributed by atoms with Gasteiger partial charge in [-0.15, -0.1) is 0 Å². The highest BCUT2D eigenvalue weighted by molar-refractivity contribution is 6.30. The van der Waals surface area contributed by atoms with Gasteiger partial charge in [0.1, 0.15) is 0 Å². The molecule has 0 bridgehead atoms. The van der Waals surface area contributed by atoms with Crippen molar-refractivity contribution in [2.24, 2.45) is 0 Å². The Labute approximate surface area is 137 Å². The molecule has 1 aromatic heterocycles. The third-order valence-electron chi connectivity index (χ3n) is 2.80. The Balaban J connectivity index is 1.68. The Hall–Kier alpha value is -2.80. The molecule has 3 N–H and O–H groups in total. The molecular weight excluding hydrogens is 322 g/mol. The Morgan fingerprint density at radius 2 is 1.74 bits per heavy atom. The van der Waals surface area contributed by atoms with Gasteiger partial charge < -0.3 is 9.73 Å². The summed E-state index contributed by atoms with van der Waals surface area (Å²) in [4.78, 5) is 34.9. The van der Waals surface area contributed by atoms with Gasteiger partial charge in [0.25, 0.3) is 11.8 Å². The largest absolute Gasteiger partial charge is 0.459 e. The van der Waals surface area contributed by atoms with Gasteiger partial charge in [-0.1, -0.05) is 11.6 Å². The summed E-state index contributed by atoms with van der Waals surface area (Å²) in [5.74, 6) is -1.14. The molecule has 1 heterocycles. The zero-order valence-corrected chi connectivity index (χ0v) is 12.7.